The number of rotatable bonds is 2. The van der Waals surface area contributed by atoms with E-state index in [9.17, 15) is 9.59 Å². The Hall–Kier alpha value is -2.57. The van der Waals surface area contributed by atoms with Crippen molar-refractivity contribution in [2.75, 3.05) is 6.54 Å². The van der Waals surface area contributed by atoms with Crippen LogP contribution in [0.4, 0.5) is 0 Å². The molecule has 3 heterocycles. The van der Waals surface area contributed by atoms with Crippen LogP contribution in [0.25, 0.3) is 0 Å². The number of carbonyl (C=O) groups excluding carboxylic acids is 1. The van der Waals surface area contributed by atoms with E-state index in [0.717, 1.165) is 12.8 Å². The topological polar surface area (TPSA) is 91.8 Å². The molecule has 1 amide bonds. The van der Waals surface area contributed by atoms with Crippen LogP contribution in [0.2, 0.25) is 0 Å². The molecule has 1 atom stereocenters. The Morgan fingerprint density at radius 3 is 2.87 bits per heavy atom. The van der Waals surface area contributed by atoms with E-state index in [1.807, 2.05) is 6.92 Å². The van der Waals surface area contributed by atoms with Crippen LogP contribution < -0.4 is 5.56 Å². The maximum absolute atomic E-state index is 13.0. The molecule has 23 heavy (non-hydrogen) atoms. The zero-order valence-corrected chi connectivity index (χ0v) is 13.5. The van der Waals surface area contributed by atoms with Gasteiger partial charge in [-0.05, 0) is 33.6 Å². The van der Waals surface area contributed by atoms with Gasteiger partial charge in [-0.2, -0.15) is 0 Å². The third-order valence-electron chi connectivity index (χ3n) is 4.41. The number of nitrogens with zero attached hydrogens (tertiary/aromatic N) is 4. The zero-order valence-electron chi connectivity index (χ0n) is 13.5. The quantitative estimate of drug-likeness (QED) is 0.903. The molecule has 0 aromatic carbocycles. The number of H-pyrrole nitrogens is 1. The van der Waals surface area contributed by atoms with E-state index in [2.05, 4.69) is 19.9 Å². The van der Waals surface area contributed by atoms with Crippen LogP contribution in [0.3, 0.4) is 0 Å². The summed E-state index contributed by atoms with van der Waals surface area (Å²) in [5, 5.41) is 0. The summed E-state index contributed by atoms with van der Waals surface area (Å²) in [6.07, 6.45) is 4.56. The molecule has 1 fully saturated rings. The monoisotopic (exact) mass is 313 g/mol. The third-order valence-corrected chi connectivity index (χ3v) is 4.41. The molecule has 1 aliphatic rings. The maximum atomic E-state index is 13.0. The van der Waals surface area contributed by atoms with E-state index in [-0.39, 0.29) is 11.5 Å². The highest BCUT2D eigenvalue weighted by atomic mass is 16.2. The lowest BCUT2D eigenvalue weighted by Gasteiger charge is -2.34. The maximum Gasteiger partial charge on any atom is 0.258 e. The van der Waals surface area contributed by atoms with Crippen molar-refractivity contribution in [2.45, 2.75) is 39.2 Å². The summed E-state index contributed by atoms with van der Waals surface area (Å²) < 4.78 is 0. The second-order valence-electron chi connectivity index (χ2n) is 6.09. The van der Waals surface area contributed by atoms with Gasteiger partial charge >= 0.3 is 0 Å². The highest BCUT2D eigenvalue weighted by Crippen LogP contribution is 2.37. The van der Waals surface area contributed by atoms with Crippen LogP contribution in [-0.2, 0) is 5.54 Å². The first-order chi connectivity index (χ1) is 10.9. The molecule has 2 aromatic rings. The number of likely N-dealkylation sites (tertiary alicyclic amines) is 1. The van der Waals surface area contributed by atoms with Crippen molar-refractivity contribution < 1.29 is 4.79 Å². The van der Waals surface area contributed by atoms with E-state index in [1.165, 1.54) is 18.6 Å². The molecule has 0 unspecified atom stereocenters. The Bertz CT molecular complexity index is 816. The van der Waals surface area contributed by atoms with Crippen LogP contribution in [0.1, 0.15) is 47.3 Å². The van der Waals surface area contributed by atoms with Crippen molar-refractivity contribution in [3.63, 3.8) is 0 Å². The molecule has 3 rings (SSSR count). The average molecular weight is 313 g/mol. The van der Waals surface area contributed by atoms with Gasteiger partial charge in [-0.15, -0.1) is 0 Å². The smallest absolute Gasteiger partial charge is 0.258 e. The average Bonchev–Trinajstić information content (AvgIpc) is 2.89. The standard InChI is InChI=1S/C16H19N5O2/c1-10-7-13(22)20-15(19-10)16(3)5-4-6-21(16)14(23)12-8-17-9-18-11(12)2/h7-9H,4-6H2,1-3H3,(H,19,20,22)/t16-/m1/s1. The van der Waals surface area contributed by atoms with Crippen LogP contribution >= 0.6 is 0 Å². The Balaban J connectivity index is 2.04. The second-order valence-corrected chi connectivity index (χ2v) is 6.09. The molecule has 1 aliphatic heterocycles. The second kappa shape index (κ2) is 5.57. The largest absolute Gasteiger partial charge is 0.326 e. The number of aryl methyl sites for hydroxylation is 2. The van der Waals surface area contributed by atoms with E-state index in [1.54, 1.807) is 18.7 Å². The van der Waals surface area contributed by atoms with Gasteiger partial charge in [-0.1, -0.05) is 0 Å². The van der Waals surface area contributed by atoms with Crippen LogP contribution in [0.15, 0.2) is 23.4 Å². The molecule has 2 aromatic heterocycles. The summed E-state index contributed by atoms with van der Waals surface area (Å²) in [4.78, 5) is 41.8. The van der Waals surface area contributed by atoms with Gasteiger partial charge in [0.05, 0.1) is 16.8 Å². The Morgan fingerprint density at radius 2 is 2.17 bits per heavy atom. The lowest BCUT2D eigenvalue weighted by molar-refractivity contribution is 0.0601. The molecule has 7 nitrogen and oxygen atoms in total. The fourth-order valence-electron chi connectivity index (χ4n) is 3.12. The van der Waals surface area contributed by atoms with E-state index in [0.29, 0.717) is 29.3 Å². The summed E-state index contributed by atoms with van der Waals surface area (Å²) in [6.45, 7) is 6.11. The van der Waals surface area contributed by atoms with Crippen molar-refractivity contribution in [2.24, 2.45) is 0 Å². The van der Waals surface area contributed by atoms with Gasteiger partial charge in [0, 0.05) is 24.5 Å². The minimum absolute atomic E-state index is 0.132. The third kappa shape index (κ3) is 2.62. The fraction of sp³-hybridized carbons (Fsp3) is 0.438. The van der Waals surface area contributed by atoms with Crippen molar-refractivity contribution in [1.29, 1.82) is 0 Å². The number of aromatic nitrogens is 4. The minimum atomic E-state index is -0.634. The first kappa shape index (κ1) is 15.3. The molecule has 1 saturated heterocycles. The van der Waals surface area contributed by atoms with Gasteiger partial charge in [0.2, 0.25) is 0 Å². The summed E-state index contributed by atoms with van der Waals surface area (Å²) in [7, 11) is 0. The number of aromatic amines is 1. The van der Waals surface area contributed by atoms with Crippen molar-refractivity contribution in [3.05, 3.63) is 51.7 Å². The molecule has 0 bridgehead atoms. The van der Waals surface area contributed by atoms with Gasteiger partial charge in [-0.25, -0.2) is 15.0 Å². The minimum Gasteiger partial charge on any atom is -0.326 e. The number of amides is 1. The van der Waals surface area contributed by atoms with Gasteiger partial charge in [0.1, 0.15) is 12.2 Å². The van der Waals surface area contributed by atoms with Gasteiger partial charge in [0.25, 0.3) is 11.5 Å². The summed E-state index contributed by atoms with van der Waals surface area (Å²) >= 11 is 0. The molecule has 120 valence electrons. The molecular weight excluding hydrogens is 294 g/mol. The molecule has 0 spiro atoms. The van der Waals surface area contributed by atoms with Crippen LogP contribution in [0.5, 0.6) is 0 Å². The van der Waals surface area contributed by atoms with Crippen molar-refractivity contribution in [3.8, 4) is 0 Å². The van der Waals surface area contributed by atoms with Crippen molar-refractivity contribution in [1.82, 2.24) is 24.8 Å². The highest BCUT2D eigenvalue weighted by Gasteiger charge is 2.43. The molecule has 0 radical (unpaired) electrons. The Kier molecular flexibility index (Phi) is 3.71. The molecule has 1 N–H and O–H groups in total. The summed E-state index contributed by atoms with van der Waals surface area (Å²) in [5.74, 6) is 0.398. The SMILES string of the molecule is Cc1cc(=O)[nH]c([C@@]2(C)CCCN2C(=O)c2cncnc2C)n1. The van der Waals surface area contributed by atoms with Gasteiger partial charge < -0.3 is 9.88 Å². The van der Waals surface area contributed by atoms with E-state index < -0.39 is 5.54 Å². The van der Waals surface area contributed by atoms with Crippen molar-refractivity contribution >= 4 is 5.91 Å². The predicted molar refractivity (Wildman–Crippen MR) is 84.0 cm³/mol. The first-order valence-electron chi connectivity index (χ1n) is 7.59. The molecule has 0 aliphatic carbocycles. The molecule has 7 heteroatoms. The number of carbonyl (C=O) groups is 1. The fourth-order valence-corrected chi connectivity index (χ4v) is 3.12. The van der Waals surface area contributed by atoms with E-state index >= 15 is 0 Å². The molecular formula is C16H19N5O2. The Morgan fingerprint density at radius 1 is 1.39 bits per heavy atom. The van der Waals surface area contributed by atoms with Gasteiger partial charge in [-0.3, -0.25) is 9.59 Å². The lowest BCUT2D eigenvalue weighted by atomic mass is 9.96. The van der Waals surface area contributed by atoms with Crippen LogP contribution in [0, 0.1) is 13.8 Å². The number of hydrogen-bond acceptors (Lipinski definition) is 5. The zero-order chi connectivity index (χ0) is 16.6. The highest BCUT2D eigenvalue weighted by molar-refractivity contribution is 5.95. The van der Waals surface area contributed by atoms with E-state index in [4.69, 9.17) is 0 Å². The lowest BCUT2D eigenvalue weighted by Crippen LogP contribution is -2.45. The van der Waals surface area contributed by atoms with Gasteiger partial charge in [0.15, 0.2) is 0 Å². The number of hydrogen-bond donors (Lipinski definition) is 1. The summed E-state index contributed by atoms with van der Waals surface area (Å²) in [5.41, 5.74) is 0.932. The summed E-state index contributed by atoms with van der Waals surface area (Å²) in [6, 6.07) is 1.45. The predicted octanol–water partition coefficient (Wildman–Crippen LogP) is 1.33. The normalized spacial score (nSPS) is 20.7. The van der Waals surface area contributed by atoms with Crippen LogP contribution in [-0.4, -0.2) is 37.3 Å². The Labute approximate surface area is 133 Å². The first-order valence-corrected chi connectivity index (χ1v) is 7.59. The molecule has 0 saturated carbocycles. The number of nitrogens with one attached hydrogen (secondary N) is 1.